The van der Waals surface area contributed by atoms with Crippen molar-refractivity contribution in [1.29, 1.82) is 0 Å². The minimum Gasteiger partial charge on any atom is -0.465 e. The molecule has 4 aromatic rings. The summed E-state index contributed by atoms with van der Waals surface area (Å²) in [6, 6.07) is 31.0. The Morgan fingerprint density at radius 2 is 1.55 bits per heavy atom. The number of nitrogens with zero attached hydrogens (tertiary/aromatic N) is 2. The van der Waals surface area contributed by atoms with Crippen LogP contribution < -0.4 is 4.74 Å². The number of rotatable bonds is 7. The first-order chi connectivity index (χ1) is 15.2. The minimum absolute atomic E-state index is 0.0982. The van der Waals surface area contributed by atoms with Gasteiger partial charge >= 0.3 is 0 Å². The Kier molecular flexibility index (Phi) is 6.38. The molecule has 4 heteroatoms. The van der Waals surface area contributed by atoms with E-state index in [1.807, 2.05) is 104 Å². The van der Waals surface area contributed by atoms with E-state index in [-0.39, 0.29) is 5.91 Å². The van der Waals surface area contributed by atoms with Gasteiger partial charge in [0, 0.05) is 23.9 Å². The van der Waals surface area contributed by atoms with E-state index < -0.39 is 6.23 Å². The summed E-state index contributed by atoms with van der Waals surface area (Å²) in [5.74, 6) is 0.505. The predicted octanol–water partition coefficient (Wildman–Crippen LogP) is 5.81. The lowest BCUT2D eigenvalue weighted by atomic mass is 10.1. The van der Waals surface area contributed by atoms with E-state index in [2.05, 4.69) is 4.98 Å². The summed E-state index contributed by atoms with van der Waals surface area (Å²) in [5.41, 5.74) is 3.69. The number of carbonyl (C=O) groups is 1. The quantitative estimate of drug-likeness (QED) is 0.362. The Bertz CT molecular complexity index is 1100. The van der Waals surface area contributed by atoms with E-state index in [4.69, 9.17) is 4.74 Å². The number of hydrogen-bond donors (Lipinski definition) is 0. The second kappa shape index (κ2) is 9.72. The van der Waals surface area contributed by atoms with Crippen LogP contribution >= 0.6 is 0 Å². The average molecular weight is 409 g/mol. The molecule has 0 radical (unpaired) electrons. The molecular weight excluding hydrogens is 384 g/mol. The summed E-state index contributed by atoms with van der Waals surface area (Å²) in [7, 11) is 0. The second-order valence-electron chi connectivity index (χ2n) is 7.35. The lowest BCUT2D eigenvalue weighted by Gasteiger charge is -2.32. The van der Waals surface area contributed by atoms with Gasteiger partial charge < -0.3 is 4.74 Å². The first-order valence-corrected chi connectivity index (χ1v) is 10.2. The highest BCUT2D eigenvalue weighted by molar-refractivity contribution is 5.94. The lowest BCUT2D eigenvalue weighted by molar-refractivity contribution is 0.0160. The Balaban J connectivity index is 1.77. The van der Waals surface area contributed by atoms with E-state index >= 15 is 0 Å². The number of ether oxygens (including phenoxy) is 1. The number of carbonyl (C=O) groups excluding carboxylic acids is 1. The van der Waals surface area contributed by atoms with Gasteiger partial charge in [-0.15, -0.1) is 0 Å². The first kappa shape index (κ1) is 20.4. The molecule has 1 aromatic heterocycles. The molecule has 0 saturated carbocycles. The van der Waals surface area contributed by atoms with Gasteiger partial charge in [0.1, 0.15) is 5.75 Å². The lowest BCUT2D eigenvalue weighted by Crippen LogP contribution is -2.37. The monoisotopic (exact) mass is 408 g/mol. The topological polar surface area (TPSA) is 42.4 Å². The van der Waals surface area contributed by atoms with Gasteiger partial charge in [-0.1, -0.05) is 78.4 Å². The Labute approximate surface area is 182 Å². The zero-order valence-corrected chi connectivity index (χ0v) is 17.4. The molecule has 0 aliphatic heterocycles. The molecule has 0 aliphatic rings. The number of amides is 1. The maximum absolute atomic E-state index is 13.7. The minimum atomic E-state index is -0.613. The van der Waals surface area contributed by atoms with Gasteiger partial charge in [-0.2, -0.15) is 0 Å². The van der Waals surface area contributed by atoms with Crippen molar-refractivity contribution < 1.29 is 9.53 Å². The predicted molar refractivity (Wildman–Crippen MR) is 122 cm³/mol. The molecule has 1 heterocycles. The van der Waals surface area contributed by atoms with Gasteiger partial charge in [-0.05, 0) is 36.8 Å². The third-order valence-corrected chi connectivity index (χ3v) is 5.01. The van der Waals surface area contributed by atoms with Crippen LogP contribution in [0.3, 0.4) is 0 Å². The summed E-state index contributed by atoms with van der Waals surface area (Å²) in [6.45, 7) is 2.45. The van der Waals surface area contributed by atoms with Crippen LogP contribution in [0.4, 0.5) is 0 Å². The van der Waals surface area contributed by atoms with E-state index in [1.54, 1.807) is 17.3 Å². The average Bonchev–Trinajstić information content (AvgIpc) is 2.83. The maximum atomic E-state index is 13.7. The molecule has 0 bridgehead atoms. The van der Waals surface area contributed by atoms with Gasteiger partial charge in [0.15, 0.2) is 0 Å². The van der Waals surface area contributed by atoms with Gasteiger partial charge in [-0.25, -0.2) is 0 Å². The zero-order valence-electron chi connectivity index (χ0n) is 17.4. The molecular formula is C27H24N2O2. The summed E-state index contributed by atoms with van der Waals surface area (Å²) < 4.78 is 6.36. The van der Waals surface area contributed by atoms with Crippen LogP contribution in [0, 0.1) is 6.92 Å². The molecule has 154 valence electrons. The van der Waals surface area contributed by atoms with Crippen molar-refractivity contribution in [2.75, 3.05) is 0 Å². The van der Waals surface area contributed by atoms with E-state index in [1.165, 1.54) is 0 Å². The number of aryl methyl sites for hydroxylation is 1. The molecule has 0 spiro atoms. The van der Waals surface area contributed by atoms with Crippen LogP contribution in [0.2, 0.25) is 0 Å². The largest absolute Gasteiger partial charge is 0.465 e. The van der Waals surface area contributed by atoms with Gasteiger partial charge in [-0.3, -0.25) is 14.7 Å². The van der Waals surface area contributed by atoms with Gasteiger partial charge in [0.25, 0.3) is 5.91 Å². The fourth-order valence-electron chi connectivity index (χ4n) is 3.38. The number of benzene rings is 3. The Morgan fingerprint density at radius 3 is 2.19 bits per heavy atom. The Hall–Kier alpha value is -3.92. The summed E-state index contributed by atoms with van der Waals surface area (Å²) >= 11 is 0. The molecule has 0 N–H and O–H groups in total. The highest BCUT2D eigenvalue weighted by Gasteiger charge is 2.28. The van der Waals surface area contributed by atoms with E-state index in [0.717, 1.165) is 16.7 Å². The summed E-state index contributed by atoms with van der Waals surface area (Å²) in [6.07, 6.45) is 2.75. The first-order valence-electron chi connectivity index (χ1n) is 10.2. The third-order valence-electron chi connectivity index (χ3n) is 5.01. The number of pyridine rings is 1. The highest BCUT2D eigenvalue weighted by Crippen LogP contribution is 2.28. The molecule has 1 atom stereocenters. The maximum Gasteiger partial charge on any atom is 0.257 e. The van der Waals surface area contributed by atoms with Crippen LogP contribution in [0.25, 0.3) is 0 Å². The molecule has 4 rings (SSSR count). The van der Waals surface area contributed by atoms with Crippen molar-refractivity contribution in [2.45, 2.75) is 19.7 Å². The zero-order chi connectivity index (χ0) is 21.5. The molecule has 1 amide bonds. The van der Waals surface area contributed by atoms with Gasteiger partial charge in [0.05, 0.1) is 6.20 Å². The van der Waals surface area contributed by atoms with Crippen LogP contribution in [0.1, 0.15) is 33.3 Å². The fraction of sp³-hybridized carbons (Fsp3) is 0.111. The molecule has 0 fully saturated rings. The van der Waals surface area contributed by atoms with Crippen molar-refractivity contribution in [3.63, 3.8) is 0 Å². The molecule has 4 nitrogen and oxygen atoms in total. The second-order valence-corrected chi connectivity index (χ2v) is 7.35. The number of hydrogen-bond acceptors (Lipinski definition) is 3. The molecule has 0 aliphatic carbocycles. The van der Waals surface area contributed by atoms with Crippen molar-refractivity contribution in [3.05, 3.63) is 132 Å². The summed E-state index contributed by atoms with van der Waals surface area (Å²) in [4.78, 5) is 19.6. The Morgan fingerprint density at radius 1 is 0.871 bits per heavy atom. The van der Waals surface area contributed by atoms with Crippen molar-refractivity contribution in [1.82, 2.24) is 9.88 Å². The highest BCUT2D eigenvalue weighted by atomic mass is 16.5. The molecule has 3 aromatic carbocycles. The van der Waals surface area contributed by atoms with Crippen LogP contribution in [0.5, 0.6) is 5.75 Å². The SMILES string of the molecule is Cc1ccc(C(Oc2cccnc2)N(Cc2ccccc2)C(=O)c2ccccc2)cc1. The molecule has 31 heavy (non-hydrogen) atoms. The van der Waals surface area contributed by atoms with Crippen molar-refractivity contribution >= 4 is 5.91 Å². The summed E-state index contributed by atoms with van der Waals surface area (Å²) in [5, 5.41) is 0. The smallest absolute Gasteiger partial charge is 0.257 e. The van der Waals surface area contributed by atoms with Crippen LogP contribution in [-0.4, -0.2) is 15.8 Å². The standard InChI is InChI=1S/C27H24N2O2/c1-21-14-16-24(17-15-21)27(31-25-13-8-18-28-19-25)29(20-22-9-4-2-5-10-22)26(30)23-11-6-3-7-12-23/h2-19,27H,20H2,1H3. The van der Waals surface area contributed by atoms with Crippen LogP contribution in [0.15, 0.2) is 109 Å². The van der Waals surface area contributed by atoms with E-state index in [9.17, 15) is 4.79 Å². The van der Waals surface area contributed by atoms with E-state index in [0.29, 0.717) is 17.9 Å². The van der Waals surface area contributed by atoms with Gasteiger partial charge in [0.2, 0.25) is 6.23 Å². The normalized spacial score (nSPS) is 11.5. The third kappa shape index (κ3) is 5.17. The van der Waals surface area contributed by atoms with Crippen LogP contribution in [-0.2, 0) is 6.54 Å². The number of aromatic nitrogens is 1. The molecule has 1 unspecified atom stereocenters. The molecule has 0 saturated heterocycles. The van der Waals surface area contributed by atoms with Crippen molar-refractivity contribution in [3.8, 4) is 5.75 Å². The van der Waals surface area contributed by atoms with Crippen molar-refractivity contribution in [2.24, 2.45) is 0 Å². The fourth-order valence-corrected chi connectivity index (χ4v) is 3.38.